The number of hydrogen-bond acceptors (Lipinski definition) is 1. The summed E-state index contributed by atoms with van der Waals surface area (Å²) in [5.74, 6) is 0. The van der Waals surface area contributed by atoms with Gasteiger partial charge in [0, 0.05) is 14.7 Å². The molecule has 2 heteroatoms. The van der Waals surface area contributed by atoms with Gasteiger partial charge in [-0.2, -0.15) is 0 Å². The van der Waals surface area contributed by atoms with Gasteiger partial charge in [0.25, 0.3) is 0 Å². The minimum absolute atomic E-state index is 0.506. The van der Waals surface area contributed by atoms with Crippen LogP contribution in [0.2, 0.25) is 5.02 Å². The van der Waals surface area contributed by atoms with Gasteiger partial charge >= 0.3 is 0 Å². The number of fused-ring (bicyclic) bond motifs is 1. The Hall–Kier alpha value is -0.140. The minimum Gasteiger partial charge on any atom is -0.119 e. The molecular weight excluding hydrogens is 224 g/mol. The Kier molecular flexibility index (Phi) is 2.48. The number of hydrogen-bond donors (Lipinski definition) is 0. The SMILES string of the molecule is Clc1cccc2c1CC1(CCCCC1)S2. The van der Waals surface area contributed by atoms with E-state index in [0.29, 0.717) is 4.75 Å². The molecule has 1 spiro atoms. The van der Waals surface area contributed by atoms with Crippen molar-refractivity contribution in [1.29, 1.82) is 0 Å². The van der Waals surface area contributed by atoms with Crippen LogP contribution >= 0.6 is 23.4 Å². The fraction of sp³-hybridized carbons (Fsp3) is 0.538. The van der Waals surface area contributed by atoms with Crippen LogP contribution < -0.4 is 0 Å². The molecule has 1 fully saturated rings. The van der Waals surface area contributed by atoms with Crippen molar-refractivity contribution >= 4 is 23.4 Å². The average Bonchev–Trinajstić information content (AvgIpc) is 2.59. The van der Waals surface area contributed by atoms with Gasteiger partial charge in [-0.3, -0.25) is 0 Å². The third kappa shape index (κ3) is 1.70. The first-order valence-electron chi connectivity index (χ1n) is 5.76. The van der Waals surface area contributed by atoms with E-state index in [1.807, 2.05) is 6.07 Å². The van der Waals surface area contributed by atoms with Crippen molar-refractivity contribution in [3.05, 3.63) is 28.8 Å². The van der Waals surface area contributed by atoms with Crippen molar-refractivity contribution in [1.82, 2.24) is 0 Å². The van der Waals surface area contributed by atoms with E-state index < -0.39 is 0 Å². The molecule has 2 aliphatic rings. The zero-order valence-corrected chi connectivity index (χ0v) is 10.3. The number of rotatable bonds is 0. The summed E-state index contributed by atoms with van der Waals surface area (Å²) in [6.07, 6.45) is 8.18. The first-order chi connectivity index (χ1) is 7.29. The molecule has 1 aromatic carbocycles. The smallest absolute Gasteiger partial charge is 0.0449 e. The van der Waals surface area contributed by atoms with E-state index >= 15 is 0 Å². The Bertz CT molecular complexity index is 380. The monoisotopic (exact) mass is 238 g/mol. The molecule has 0 amide bonds. The molecule has 0 bridgehead atoms. The molecular formula is C13H15ClS. The molecule has 0 unspecified atom stereocenters. The molecule has 0 saturated heterocycles. The van der Waals surface area contributed by atoms with Crippen molar-refractivity contribution in [2.75, 3.05) is 0 Å². The standard InChI is InChI=1S/C13H15ClS/c14-11-5-4-6-12-10(11)9-13(15-12)7-2-1-3-8-13/h4-6H,1-3,7-9H2. The molecule has 1 aromatic rings. The fourth-order valence-corrected chi connectivity index (χ4v) is 4.80. The lowest BCUT2D eigenvalue weighted by atomic mass is 9.84. The maximum atomic E-state index is 6.26. The Morgan fingerprint density at radius 1 is 1.13 bits per heavy atom. The largest absolute Gasteiger partial charge is 0.119 e. The van der Waals surface area contributed by atoms with Crippen molar-refractivity contribution < 1.29 is 0 Å². The van der Waals surface area contributed by atoms with E-state index in [4.69, 9.17) is 11.6 Å². The highest BCUT2D eigenvalue weighted by molar-refractivity contribution is 8.01. The van der Waals surface area contributed by atoms with Gasteiger partial charge in [0.2, 0.25) is 0 Å². The van der Waals surface area contributed by atoms with Crippen LogP contribution in [0, 0.1) is 0 Å². The maximum absolute atomic E-state index is 6.26. The van der Waals surface area contributed by atoms with Gasteiger partial charge in [-0.1, -0.05) is 36.9 Å². The van der Waals surface area contributed by atoms with Crippen LogP contribution in [0.1, 0.15) is 37.7 Å². The number of benzene rings is 1. The summed E-state index contributed by atoms with van der Waals surface area (Å²) in [5.41, 5.74) is 1.41. The van der Waals surface area contributed by atoms with Crippen LogP contribution in [0.5, 0.6) is 0 Å². The van der Waals surface area contributed by atoms with Gasteiger partial charge in [-0.05, 0) is 37.0 Å². The number of halogens is 1. The van der Waals surface area contributed by atoms with Gasteiger partial charge in [0.15, 0.2) is 0 Å². The molecule has 80 valence electrons. The second-order valence-electron chi connectivity index (χ2n) is 4.74. The molecule has 1 saturated carbocycles. The predicted octanol–water partition coefficient (Wildman–Crippen LogP) is 4.69. The molecule has 0 N–H and O–H groups in total. The molecule has 0 atom stereocenters. The highest BCUT2D eigenvalue weighted by Gasteiger charge is 2.39. The van der Waals surface area contributed by atoms with E-state index in [1.165, 1.54) is 49.0 Å². The zero-order chi connectivity index (χ0) is 10.3. The Labute approximate surface area is 100 Å². The summed E-state index contributed by atoms with van der Waals surface area (Å²) >= 11 is 8.35. The van der Waals surface area contributed by atoms with Gasteiger partial charge in [0.05, 0.1) is 0 Å². The third-order valence-electron chi connectivity index (χ3n) is 3.67. The van der Waals surface area contributed by atoms with Crippen LogP contribution in [-0.4, -0.2) is 4.75 Å². The summed E-state index contributed by atoms with van der Waals surface area (Å²) in [4.78, 5) is 1.43. The molecule has 0 nitrogen and oxygen atoms in total. The van der Waals surface area contributed by atoms with E-state index in [0.717, 1.165) is 5.02 Å². The van der Waals surface area contributed by atoms with Gasteiger partial charge < -0.3 is 0 Å². The normalized spacial score (nSPS) is 23.0. The molecule has 1 aliphatic carbocycles. The molecule has 15 heavy (non-hydrogen) atoms. The molecule has 0 radical (unpaired) electrons. The lowest BCUT2D eigenvalue weighted by molar-refractivity contribution is 0.401. The van der Waals surface area contributed by atoms with Crippen molar-refractivity contribution in [2.24, 2.45) is 0 Å². The van der Waals surface area contributed by atoms with Crippen LogP contribution in [0.3, 0.4) is 0 Å². The van der Waals surface area contributed by atoms with Gasteiger partial charge in [-0.25, -0.2) is 0 Å². The topological polar surface area (TPSA) is 0 Å². The van der Waals surface area contributed by atoms with Crippen molar-refractivity contribution in [3.63, 3.8) is 0 Å². The van der Waals surface area contributed by atoms with Crippen molar-refractivity contribution in [3.8, 4) is 0 Å². The van der Waals surface area contributed by atoms with E-state index in [-0.39, 0.29) is 0 Å². The van der Waals surface area contributed by atoms with Crippen LogP contribution in [0.25, 0.3) is 0 Å². The van der Waals surface area contributed by atoms with Gasteiger partial charge in [-0.15, -0.1) is 11.8 Å². The Morgan fingerprint density at radius 3 is 2.67 bits per heavy atom. The lowest BCUT2D eigenvalue weighted by Crippen LogP contribution is -2.26. The Balaban J connectivity index is 1.94. The second kappa shape index (κ2) is 3.71. The first-order valence-corrected chi connectivity index (χ1v) is 6.95. The van der Waals surface area contributed by atoms with E-state index in [9.17, 15) is 0 Å². The van der Waals surface area contributed by atoms with Crippen LogP contribution in [0.15, 0.2) is 23.1 Å². The summed E-state index contributed by atoms with van der Waals surface area (Å²) in [5, 5.41) is 0.974. The molecule has 1 heterocycles. The summed E-state index contributed by atoms with van der Waals surface area (Å²) < 4.78 is 0.506. The molecule has 0 aromatic heterocycles. The quantitative estimate of drug-likeness (QED) is 0.632. The van der Waals surface area contributed by atoms with E-state index in [1.54, 1.807) is 0 Å². The van der Waals surface area contributed by atoms with E-state index in [2.05, 4.69) is 23.9 Å². The summed E-state index contributed by atoms with van der Waals surface area (Å²) in [7, 11) is 0. The first kappa shape index (κ1) is 10.0. The summed E-state index contributed by atoms with van der Waals surface area (Å²) in [6, 6.07) is 6.34. The maximum Gasteiger partial charge on any atom is 0.0449 e. The highest BCUT2D eigenvalue weighted by atomic mass is 35.5. The highest BCUT2D eigenvalue weighted by Crippen LogP contribution is 2.53. The zero-order valence-electron chi connectivity index (χ0n) is 8.76. The van der Waals surface area contributed by atoms with Crippen LogP contribution in [0.4, 0.5) is 0 Å². The van der Waals surface area contributed by atoms with Gasteiger partial charge in [0.1, 0.15) is 0 Å². The van der Waals surface area contributed by atoms with Crippen LogP contribution in [-0.2, 0) is 6.42 Å². The number of thioether (sulfide) groups is 1. The predicted molar refractivity (Wildman–Crippen MR) is 66.8 cm³/mol. The fourth-order valence-electron chi connectivity index (χ4n) is 2.87. The lowest BCUT2D eigenvalue weighted by Gasteiger charge is -2.32. The Morgan fingerprint density at radius 2 is 1.93 bits per heavy atom. The molecule has 1 aliphatic heterocycles. The second-order valence-corrected chi connectivity index (χ2v) is 6.66. The average molecular weight is 239 g/mol. The van der Waals surface area contributed by atoms with Crippen molar-refractivity contribution in [2.45, 2.75) is 48.2 Å². The third-order valence-corrected chi connectivity index (χ3v) is 5.61. The molecule has 3 rings (SSSR count). The minimum atomic E-state index is 0.506. The summed E-state index contributed by atoms with van der Waals surface area (Å²) in [6.45, 7) is 0.